The normalized spacial score (nSPS) is 9.65. The SMILES string of the molecule is [Cl-].[Cl-].[Fe+2].[Ni+2].c1ccc([PH+](c2ccccc2)[c-]2cccc2)cc1.c1ccc([PH+](c2ccccc2)[c-]2cccc2)cc1. The average Bonchev–Trinajstić information content (AvgIpc) is 3.68. The van der Waals surface area contributed by atoms with Gasteiger partial charge in [0.1, 0.15) is 0 Å². The van der Waals surface area contributed by atoms with Gasteiger partial charge in [0, 0.05) is 15.8 Å². The van der Waals surface area contributed by atoms with Crippen LogP contribution in [0.3, 0.4) is 0 Å². The van der Waals surface area contributed by atoms with Gasteiger partial charge in [0.2, 0.25) is 0 Å². The molecule has 6 rings (SSSR count). The van der Waals surface area contributed by atoms with Gasteiger partial charge < -0.3 is 24.8 Å². The molecule has 0 aromatic heterocycles. The van der Waals surface area contributed by atoms with E-state index in [1.165, 1.54) is 31.8 Å². The van der Waals surface area contributed by atoms with E-state index >= 15 is 0 Å². The van der Waals surface area contributed by atoms with Gasteiger partial charge in [-0.05, 0) is 59.1 Å². The van der Waals surface area contributed by atoms with E-state index in [9.17, 15) is 0 Å². The molecule has 0 saturated carbocycles. The summed E-state index contributed by atoms with van der Waals surface area (Å²) >= 11 is 0. The van der Waals surface area contributed by atoms with E-state index in [-0.39, 0.29) is 58.4 Å². The summed E-state index contributed by atoms with van der Waals surface area (Å²) in [5.74, 6) is 0. The number of benzene rings is 4. The van der Waals surface area contributed by atoms with Crippen molar-refractivity contribution in [3.63, 3.8) is 0 Å². The van der Waals surface area contributed by atoms with Crippen LogP contribution in [0.5, 0.6) is 0 Å². The van der Waals surface area contributed by atoms with Crippen molar-refractivity contribution in [3.05, 3.63) is 170 Å². The van der Waals surface area contributed by atoms with Gasteiger partial charge in [-0.1, -0.05) is 72.8 Å². The third kappa shape index (κ3) is 9.55. The Labute approximate surface area is 274 Å². The first-order chi connectivity index (χ1) is 17.9. The summed E-state index contributed by atoms with van der Waals surface area (Å²) < 4.78 is 0. The minimum atomic E-state index is -0.834. The monoisotopic (exact) mass is 684 g/mol. The molecular weight excluding hydrogens is 656 g/mol. The van der Waals surface area contributed by atoms with Crippen molar-refractivity contribution in [2.75, 3.05) is 0 Å². The summed E-state index contributed by atoms with van der Waals surface area (Å²) in [6.07, 6.45) is 0. The zero-order valence-electron chi connectivity index (χ0n) is 21.6. The predicted octanol–water partition coefficient (Wildman–Crippen LogP) is -0.205. The zero-order chi connectivity index (χ0) is 24.4. The number of halogens is 2. The minimum absolute atomic E-state index is 0. The first-order valence-electron chi connectivity index (χ1n) is 12.3. The van der Waals surface area contributed by atoms with Crippen LogP contribution in [0.25, 0.3) is 0 Å². The fourth-order valence-corrected chi connectivity index (χ4v) is 9.66. The Balaban J connectivity index is 0.000000364. The smallest absolute Gasteiger partial charge is 1.00 e. The third-order valence-corrected chi connectivity index (χ3v) is 11.6. The second-order valence-electron chi connectivity index (χ2n) is 8.56. The molecule has 0 bridgehead atoms. The third-order valence-electron chi connectivity index (χ3n) is 6.15. The summed E-state index contributed by atoms with van der Waals surface area (Å²) in [6, 6.07) is 60.8. The van der Waals surface area contributed by atoms with Crippen LogP contribution in [0.15, 0.2) is 170 Å². The number of rotatable bonds is 6. The Morgan fingerprint density at radius 1 is 0.325 bits per heavy atom. The average molecular weight is 686 g/mol. The second-order valence-corrected chi connectivity index (χ2v) is 13.5. The molecular formula is C34H30Cl2FeNiP2+2. The van der Waals surface area contributed by atoms with E-state index in [2.05, 4.69) is 170 Å². The van der Waals surface area contributed by atoms with Gasteiger partial charge in [-0.25, -0.2) is 24.3 Å². The molecule has 0 aliphatic rings. The first-order valence-corrected chi connectivity index (χ1v) is 15.3. The van der Waals surface area contributed by atoms with Crippen LogP contribution in [-0.2, 0) is 33.6 Å². The first kappa shape index (κ1) is 36.1. The molecule has 0 aliphatic heterocycles. The fourth-order valence-electron chi connectivity index (χ4n) is 4.50. The van der Waals surface area contributed by atoms with E-state index in [1.807, 2.05) is 0 Å². The van der Waals surface area contributed by atoms with Crippen molar-refractivity contribution in [2.45, 2.75) is 0 Å². The number of hydrogen-bond acceptors (Lipinski definition) is 0. The van der Waals surface area contributed by atoms with Gasteiger partial charge in [0.05, 0.1) is 21.2 Å². The van der Waals surface area contributed by atoms with Crippen LogP contribution in [-0.4, -0.2) is 0 Å². The van der Waals surface area contributed by atoms with Crippen molar-refractivity contribution < 1.29 is 58.4 Å². The molecule has 0 amide bonds. The molecule has 0 heterocycles. The largest absolute Gasteiger partial charge is 2.00 e. The van der Waals surface area contributed by atoms with Crippen LogP contribution < -0.4 is 56.6 Å². The molecule has 6 heteroatoms. The quantitative estimate of drug-likeness (QED) is 0.130. The second kappa shape index (κ2) is 19.2. The molecule has 0 unspecified atom stereocenters. The maximum absolute atomic E-state index is 2.24. The van der Waals surface area contributed by atoms with E-state index in [0.717, 1.165) is 0 Å². The molecule has 0 aliphatic carbocycles. The van der Waals surface area contributed by atoms with Crippen LogP contribution >= 0.6 is 15.8 Å². The molecule has 0 spiro atoms. The van der Waals surface area contributed by atoms with Gasteiger partial charge in [0.15, 0.2) is 0 Å². The zero-order valence-corrected chi connectivity index (χ0v) is 27.2. The van der Waals surface area contributed by atoms with Gasteiger partial charge in [0.25, 0.3) is 0 Å². The molecule has 0 radical (unpaired) electrons. The molecule has 0 fully saturated rings. The van der Waals surface area contributed by atoms with Crippen LogP contribution in [0.4, 0.5) is 0 Å². The molecule has 0 saturated heterocycles. The van der Waals surface area contributed by atoms with Gasteiger partial charge >= 0.3 is 33.6 Å². The van der Waals surface area contributed by atoms with Crippen molar-refractivity contribution in [1.82, 2.24) is 0 Å². The van der Waals surface area contributed by atoms with Gasteiger partial charge in [-0.15, -0.1) is 24.3 Å². The van der Waals surface area contributed by atoms with Crippen molar-refractivity contribution in [1.29, 1.82) is 0 Å². The maximum atomic E-state index is 2.24. The Bertz CT molecular complexity index is 1220. The summed E-state index contributed by atoms with van der Waals surface area (Å²) in [6.45, 7) is 0. The number of hydrogen-bond donors (Lipinski definition) is 0. The maximum Gasteiger partial charge on any atom is 2.00 e. The van der Waals surface area contributed by atoms with E-state index < -0.39 is 15.8 Å². The predicted molar refractivity (Wildman–Crippen MR) is 164 cm³/mol. The van der Waals surface area contributed by atoms with Crippen molar-refractivity contribution in [3.8, 4) is 0 Å². The van der Waals surface area contributed by atoms with Gasteiger partial charge in [-0.3, -0.25) is 0 Å². The molecule has 6 aromatic rings. The van der Waals surface area contributed by atoms with Crippen LogP contribution in [0.1, 0.15) is 0 Å². The Morgan fingerprint density at radius 2 is 0.525 bits per heavy atom. The van der Waals surface area contributed by atoms with E-state index in [4.69, 9.17) is 0 Å². The molecule has 6 aromatic carbocycles. The Hall–Kier alpha value is -1.97. The fraction of sp³-hybridized carbons (Fsp3) is 0. The van der Waals surface area contributed by atoms with E-state index in [0.29, 0.717) is 0 Å². The van der Waals surface area contributed by atoms with Crippen molar-refractivity contribution in [2.24, 2.45) is 0 Å². The molecule has 0 N–H and O–H groups in total. The van der Waals surface area contributed by atoms with Crippen molar-refractivity contribution >= 4 is 47.7 Å². The standard InChI is InChI=1S/2C17H15P.2ClH.Fe.Ni/c2*1-3-9-15(10-4-1)18(17-13-7-8-14-17)16-11-5-2-6-12-16;;;;/h2*1-14,18H;2*1H;;/q;;;;2*+2/p-2. The topological polar surface area (TPSA) is 0 Å². The molecule has 0 nitrogen and oxygen atoms in total. The van der Waals surface area contributed by atoms with Crippen LogP contribution in [0, 0.1) is 0 Å². The summed E-state index contributed by atoms with van der Waals surface area (Å²) in [5.41, 5.74) is 0. The van der Waals surface area contributed by atoms with E-state index in [1.54, 1.807) is 0 Å². The summed E-state index contributed by atoms with van der Waals surface area (Å²) in [5, 5.41) is 8.69. The molecule has 206 valence electrons. The Morgan fingerprint density at radius 3 is 0.725 bits per heavy atom. The summed E-state index contributed by atoms with van der Waals surface area (Å²) in [4.78, 5) is 0. The summed E-state index contributed by atoms with van der Waals surface area (Å²) in [7, 11) is -1.67. The molecule has 40 heavy (non-hydrogen) atoms. The Kier molecular flexibility index (Phi) is 17.3. The molecule has 0 atom stereocenters. The van der Waals surface area contributed by atoms with Gasteiger partial charge in [-0.2, -0.15) is 0 Å². The minimum Gasteiger partial charge on any atom is -1.00 e. The van der Waals surface area contributed by atoms with Crippen LogP contribution in [0.2, 0.25) is 0 Å².